The molecule has 1 saturated heterocycles. The number of aromatic nitrogens is 1. The summed E-state index contributed by atoms with van der Waals surface area (Å²) in [6.45, 7) is 18.0. The third-order valence-electron chi connectivity index (χ3n) is 7.80. The molecule has 0 N–H and O–H groups in total. The minimum Gasteiger partial charge on any atom is -0.493 e. The van der Waals surface area contributed by atoms with Crippen LogP contribution >= 0.6 is 11.6 Å². The van der Waals surface area contributed by atoms with Crippen LogP contribution in [0.1, 0.15) is 84.2 Å². The number of pyridine rings is 1. The van der Waals surface area contributed by atoms with Crippen molar-refractivity contribution in [3.05, 3.63) is 76.3 Å². The lowest BCUT2D eigenvalue weighted by molar-refractivity contribution is -0.171. The van der Waals surface area contributed by atoms with Crippen molar-refractivity contribution in [3.63, 3.8) is 0 Å². The smallest absolute Gasteiger partial charge is 0.340 e. The zero-order valence-electron chi connectivity index (χ0n) is 27.3. The van der Waals surface area contributed by atoms with Gasteiger partial charge in [-0.2, -0.15) is 0 Å². The molecule has 2 heterocycles. The summed E-state index contributed by atoms with van der Waals surface area (Å²) in [6, 6.07) is 14.2. The van der Waals surface area contributed by atoms with Gasteiger partial charge in [0, 0.05) is 36.3 Å². The molecule has 0 spiro atoms. The van der Waals surface area contributed by atoms with Gasteiger partial charge in [-0.05, 0) is 95.2 Å². The number of carbonyl (C=O) groups is 1. The maximum atomic E-state index is 13.7. The normalized spacial score (nSPS) is 15.8. The second-order valence-electron chi connectivity index (χ2n) is 13.6. The van der Waals surface area contributed by atoms with Crippen molar-refractivity contribution in [2.75, 3.05) is 24.6 Å². The fourth-order valence-corrected chi connectivity index (χ4v) is 5.75. The Bertz CT molecular complexity index is 1420. The van der Waals surface area contributed by atoms with Crippen molar-refractivity contribution in [2.24, 2.45) is 5.41 Å². The molecule has 1 unspecified atom stereocenters. The highest BCUT2D eigenvalue weighted by Crippen LogP contribution is 2.46. The summed E-state index contributed by atoms with van der Waals surface area (Å²) in [5, 5.41) is 0.364. The van der Waals surface area contributed by atoms with E-state index in [4.69, 9.17) is 30.8 Å². The van der Waals surface area contributed by atoms with Crippen molar-refractivity contribution < 1.29 is 23.4 Å². The lowest BCUT2D eigenvalue weighted by Crippen LogP contribution is -2.39. The maximum absolute atomic E-state index is 13.7. The minimum absolute atomic E-state index is 0.216. The molecule has 2 aromatic carbocycles. The number of ether oxygens (including phenoxy) is 3. The van der Waals surface area contributed by atoms with Crippen LogP contribution < -0.4 is 9.64 Å². The molecule has 238 valence electrons. The van der Waals surface area contributed by atoms with Crippen molar-refractivity contribution in [3.8, 4) is 16.9 Å². The zero-order chi connectivity index (χ0) is 32.2. The van der Waals surface area contributed by atoms with Gasteiger partial charge in [0.25, 0.3) is 0 Å². The van der Waals surface area contributed by atoms with Crippen LogP contribution in [0.25, 0.3) is 11.1 Å². The van der Waals surface area contributed by atoms with E-state index in [0.717, 1.165) is 48.3 Å². The van der Waals surface area contributed by atoms with Crippen LogP contribution in [0, 0.1) is 18.2 Å². The third-order valence-corrected chi connectivity index (χ3v) is 8.08. The Hall–Kier alpha value is -3.16. The van der Waals surface area contributed by atoms with Crippen LogP contribution in [-0.2, 0) is 20.7 Å². The Kier molecular flexibility index (Phi) is 10.6. The molecule has 0 aliphatic carbocycles. The Morgan fingerprint density at radius 3 is 2.23 bits per heavy atom. The number of anilines is 1. The molecule has 1 aromatic heterocycles. The fourth-order valence-electron chi connectivity index (χ4n) is 5.43. The van der Waals surface area contributed by atoms with Crippen LogP contribution in [0.15, 0.2) is 48.5 Å². The summed E-state index contributed by atoms with van der Waals surface area (Å²) in [6.07, 6.45) is 1.36. The number of nitrogens with zero attached hydrogens (tertiary/aromatic N) is 2. The van der Waals surface area contributed by atoms with Gasteiger partial charge in [-0.25, -0.2) is 14.2 Å². The average Bonchev–Trinajstić information content (AvgIpc) is 2.92. The Morgan fingerprint density at radius 2 is 1.66 bits per heavy atom. The molecule has 44 heavy (non-hydrogen) atoms. The first-order valence-electron chi connectivity index (χ1n) is 15.4. The first kappa shape index (κ1) is 33.7. The van der Waals surface area contributed by atoms with Gasteiger partial charge >= 0.3 is 5.97 Å². The first-order valence-corrected chi connectivity index (χ1v) is 15.8. The number of piperidine rings is 1. The average molecular weight is 625 g/mol. The van der Waals surface area contributed by atoms with Crippen LogP contribution in [0.4, 0.5) is 10.1 Å². The molecule has 1 fully saturated rings. The van der Waals surface area contributed by atoms with Crippen LogP contribution in [0.3, 0.4) is 0 Å². The summed E-state index contributed by atoms with van der Waals surface area (Å²) in [5.74, 6) is 0.0120. The molecule has 1 atom stereocenters. The molecule has 1 aliphatic heterocycles. The summed E-state index contributed by atoms with van der Waals surface area (Å²) < 4.78 is 31.4. The van der Waals surface area contributed by atoms with Crippen molar-refractivity contribution in [1.29, 1.82) is 0 Å². The Morgan fingerprint density at radius 1 is 1.05 bits per heavy atom. The molecule has 6 nitrogen and oxygen atoms in total. The molecule has 1 aliphatic rings. The number of hydrogen-bond donors (Lipinski definition) is 0. The van der Waals surface area contributed by atoms with Crippen LogP contribution in [-0.4, -0.2) is 42.4 Å². The molecular formula is C36H46ClFN2O4. The van der Waals surface area contributed by atoms with Gasteiger partial charge in [-0.1, -0.05) is 49.7 Å². The number of esters is 1. The van der Waals surface area contributed by atoms with E-state index in [1.54, 1.807) is 12.1 Å². The molecule has 4 rings (SSSR count). The van der Waals surface area contributed by atoms with Crippen molar-refractivity contribution in [1.82, 2.24) is 4.98 Å². The number of rotatable bonds is 10. The van der Waals surface area contributed by atoms with E-state index in [0.29, 0.717) is 35.2 Å². The fraction of sp³-hybridized carbons (Fsp3) is 0.500. The lowest BCUT2D eigenvalue weighted by Gasteiger charge is -2.41. The number of benzene rings is 2. The van der Waals surface area contributed by atoms with Gasteiger partial charge in [0.1, 0.15) is 16.7 Å². The molecular weight excluding hydrogens is 579 g/mol. The van der Waals surface area contributed by atoms with Gasteiger partial charge in [0.15, 0.2) is 6.10 Å². The first-order chi connectivity index (χ1) is 20.6. The largest absolute Gasteiger partial charge is 0.493 e. The summed E-state index contributed by atoms with van der Waals surface area (Å²) in [4.78, 5) is 20.7. The van der Waals surface area contributed by atoms with E-state index >= 15 is 0 Å². The van der Waals surface area contributed by atoms with Gasteiger partial charge < -0.3 is 19.1 Å². The molecule has 0 radical (unpaired) electrons. The van der Waals surface area contributed by atoms with E-state index in [1.807, 2.05) is 65.8 Å². The predicted molar refractivity (Wildman–Crippen MR) is 175 cm³/mol. The third kappa shape index (κ3) is 8.72. The van der Waals surface area contributed by atoms with E-state index in [-0.39, 0.29) is 17.3 Å². The summed E-state index contributed by atoms with van der Waals surface area (Å²) >= 11 is 6.97. The van der Waals surface area contributed by atoms with Crippen LogP contribution in [0.2, 0.25) is 5.15 Å². The minimum atomic E-state index is -0.986. The maximum Gasteiger partial charge on any atom is 0.340 e. The SMILES string of the molecule is Cc1nc(Cl)c(-c2ccc(OCCc3ccc(F)cc3)cc2)c(N2CCC(C)(C)CC2)c1C(OC(C)(C)C)C(=O)OC(C)C. The predicted octanol–water partition coefficient (Wildman–Crippen LogP) is 8.91. The molecule has 0 amide bonds. The highest BCUT2D eigenvalue weighted by molar-refractivity contribution is 6.33. The van der Waals surface area contributed by atoms with Gasteiger partial charge in [0.2, 0.25) is 0 Å². The van der Waals surface area contributed by atoms with Crippen molar-refractivity contribution in [2.45, 2.75) is 92.5 Å². The number of hydrogen-bond acceptors (Lipinski definition) is 6. The van der Waals surface area contributed by atoms with Gasteiger partial charge in [-0.15, -0.1) is 0 Å². The number of carbonyl (C=O) groups excluding carboxylic acids is 1. The Balaban J connectivity index is 1.75. The summed E-state index contributed by atoms with van der Waals surface area (Å²) in [5.41, 5.74) is 4.39. The highest BCUT2D eigenvalue weighted by Gasteiger charge is 2.38. The highest BCUT2D eigenvalue weighted by atomic mass is 35.5. The van der Waals surface area contributed by atoms with E-state index in [9.17, 15) is 9.18 Å². The molecule has 0 saturated carbocycles. The topological polar surface area (TPSA) is 60.9 Å². The Labute approximate surface area is 266 Å². The van der Waals surface area contributed by atoms with E-state index in [2.05, 4.69) is 18.7 Å². The standard InChI is InChI=1S/C36H46ClFN2O4/c1-23(2)43-34(41)32(44-35(4,5)6)29-24(3)39-33(37)30(31(29)40-20-18-36(7,8)19-21-40)26-11-15-28(16-12-26)42-22-17-25-9-13-27(38)14-10-25/h9-16,23,32H,17-22H2,1-8H3. The monoisotopic (exact) mass is 624 g/mol. The van der Waals surface area contributed by atoms with E-state index < -0.39 is 17.7 Å². The summed E-state index contributed by atoms with van der Waals surface area (Å²) in [7, 11) is 0. The van der Waals surface area contributed by atoms with Gasteiger partial charge in [0.05, 0.1) is 24.0 Å². The molecule has 0 bridgehead atoms. The van der Waals surface area contributed by atoms with Crippen LogP contribution in [0.5, 0.6) is 5.75 Å². The van der Waals surface area contributed by atoms with Crippen molar-refractivity contribution >= 4 is 23.3 Å². The second kappa shape index (κ2) is 13.9. The molecule has 8 heteroatoms. The second-order valence-corrected chi connectivity index (χ2v) is 14.0. The lowest BCUT2D eigenvalue weighted by atomic mass is 9.82. The molecule has 3 aromatic rings. The number of aryl methyl sites for hydroxylation is 1. The zero-order valence-corrected chi connectivity index (χ0v) is 28.1. The van der Waals surface area contributed by atoms with Gasteiger partial charge in [-0.3, -0.25) is 0 Å². The quantitative estimate of drug-likeness (QED) is 0.166. The van der Waals surface area contributed by atoms with E-state index in [1.165, 1.54) is 12.1 Å². The number of halogens is 2.